The van der Waals surface area contributed by atoms with Gasteiger partial charge in [0, 0.05) is 5.02 Å². The Kier molecular flexibility index (Phi) is 3.60. The molecule has 0 spiro atoms. The molecule has 0 aliphatic rings. The van der Waals surface area contributed by atoms with Crippen molar-refractivity contribution in [3.63, 3.8) is 0 Å². The van der Waals surface area contributed by atoms with Gasteiger partial charge in [0.25, 0.3) is 0 Å². The third-order valence-corrected chi connectivity index (χ3v) is 3.95. The average Bonchev–Trinajstić information content (AvgIpc) is 2.97. The van der Waals surface area contributed by atoms with Gasteiger partial charge in [0.05, 0.1) is 11.2 Å². The molecular formula is C12H7Cl2N3O2S. The highest BCUT2D eigenvalue weighted by Gasteiger charge is 2.10. The molecule has 0 radical (unpaired) electrons. The number of fused-ring (bicyclic) bond motifs is 1. The predicted molar refractivity (Wildman–Crippen MR) is 77.0 cm³/mol. The number of hydrogen-bond donors (Lipinski definition) is 0. The molecule has 0 atom stereocenters. The van der Waals surface area contributed by atoms with Crippen LogP contribution in [-0.2, 0) is 6.61 Å². The molecule has 0 fully saturated rings. The number of nitrogens with zero attached hydrogens (tertiary/aromatic N) is 3. The lowest BCUT2D eigenvalue weighted by atomic mass is 10.3. The first-order valence-corrected chi connectivity index (χ1v) is 7.11. The summed E-state index contributed by atoms with van der Waals surface area (Å²) < 4.78 is 7.06. The Labute approximate surface area is 127 Å². The van der Waals surface area contributed by atoms with E-state index in [9.17, 15) is 4.79 Å². The van der Waals surface area contributed by atoms with Crippen LogP contribution in [0.2, 0.25) is 10.0 Å². The maximum Gasteiger partial charge on any atom is 0.212 e. The topological polar surface area (TPSA) is 56.5 Å². The van der Waals surface area contributed by atoms with Crippen molar-refractivity contribution in [2.24, 2.45) is 0 Å². The monoisotopic (exact) mass is 327 g/mol. The summed E-state index contributed by atoms with van der Waals surface area (Å²) in [6.45, 7) is 0.244. The molecule has 0 unspecified atom stereocenters. The van der Waals surface area contributed by atoms with Crippen molar-refractivity contribution in [2.75, 3.05) is 0 Å². The summed E-state index contributed by atoms with van der Waals surface area (Å²) >= 11 is 13.2. The molecule has 0 saturated carbocycles. The fourth-order valence-electron chi connectivity index (χ4n) is 1.62. The van der Waals surface area contributed by atoms with Crippen molar-refractivity contribution in [1.82, 2.24) is 14.6 Å². The molecule has 3 aromatic rings. The van der Waals surface area contributed by atoms with Gasteiger partial charge in [-0.05, 0) is 18.2 Å². The SMILES string of the molecule is O=Cc1cnc2sc(COc3ccc(Cl)cc3Cl)nn12. The minimum absolute atomic E-state index is 0.244. The summed E-state index contributed by atoms with van der Waals surface area (Å²) in [4.78, 5) is 15.5. The summed E-state index contributed by atoms with van der Waals surface area (Å²) in [6, 6.07) is 5.00. The number of aldehydes is 1. The lowest BCUT2D eigenvalue weighted by Gasteiger charge is -2.05. The molecular weight excluding hydrogens is 321 g/mol. The fraction of sp³-hybridized carbons (Fsp3) is 0.0833. The first kappa shape index (κ1) is 13.4. The maximum atomic E-state index is 10.8. The van der Waals surface area contributed by atoms with Gasteiger partial charge in [-0.2, -0.15) is 5.10 Å². The van der Waals surface area contributed by atoms with Crippen LogP contribution in [0.5, 0.6) is 5.75 Å². The van der Waals surface area contributed by atoms with Gasteiger partial charge in [0.15, 0.2) is 11.3 Å². The van der Waals surface area contributed by atoms with E-state index < -0.39 is 0 Å². The first-order valence-electron chi connectivity index (χ1n) is 5.54. The van der Waals surface area contributed by atoms with Crippen molar-refractivity contribution < 1.29 is 9.53 Å². The number of hydrogen-bond acceptors (Lipinski definition) is 5. The molecule has 2 heterocycles. The fourth-order valence-corrected chi connectivity index (χ4v) is 2.87. The van der Waals surface area contributed by atoms with Crippen molar-refractivity contribution in [3.05, 3.63) is 45.1 Å². The highest BCUT2D eigenvalue weighted by Crippen LogP contribution is 2.28. The summed E-state index contributed by atoms with van der Waals surface area (Å²) in [6.07, 6.45) is 2.19. The van der Waals surface area contributed by atoms with Gasteiger partial charge < -0.3 is 4.74 Å². The van der Waals surface area contributed by atoms with Crippen LogP contribution in [0, 0.1) is 0 Å². The van der Waals surface area contributed by atoms with Crippen LogP contribution < -0.4 is 4.74 Å². The number of rotatable bonds is 4. The van der Waals surface area contributed by atoms with Crippen molar-refractivity contribution in [1.29, 1.82) is 0 Å². The molecule has 8 heteroatoms. The van der Waals surface area contributed by atoms with E-state index in [0.29, 0.717) is 37.7 Å². The molecule has 0 aliphatic carbocycles. The molecule has 102 valence electrons. The summed E-state index contributed by atoms with van der Waals surface area (Å²) in [5.41, 5.74) is 0.409. The predicted octanol–water partition coefficient (Wildman–Crippen LogP) is 3.49. The van der Waals surface area contributed by atoms with E-state index in [2.05, 4.69) is 10.1 Å². The van der Waals surface area contributed by atoms with Crippen LogP contribution in [-0.4, -0.2) is 20.9 Å². The van der Waals surface area contributed by atoms with Crippen LogP contribution in [0.1, 0.15) is 15.5 Å². The third-order valence-electron chi connectivity index (χ3n) is 2.52. The van der Waals surface area contributed by atoms with Crippen LogP contribution >= 0.6 is 34.5 Å². The highest BCUT2D eigenvalue weighted by molar-refractivity contribution is 7.16. The van der Waals surface area contributed by atoms with E-state index in [1.54, 1.807) is 18.2 Å². The molecule has 0 N–H and O–H groups in total. The van der Waals surface area contributed by atoms with E-state index in [0.717, 1.165) is 0 Å². The van der Waals surface area contributed by atoms with Gasteiger partial charge >= 0.3 is 0 Å². The van der Waals surface area contributed by atoms with Gasteiger partial charge in [0.2, 0.25) is 4.96 Å². The Balaban J connectivity index is 1.79. The zero-order valence-corrected chi connectivity index (χ0v) is 12.2. The first-order chi connectivity index (χ1) is 9.67. The van der Waals surface area contributed by atoms with Crippen LogP contribution in [0.15, 0.2) is 24.4 Å². The van der Waals surface area contributed by atoms with Gasteiger partial charge in [-0.25, -0.2) is 9.50 Å². The Morgan fingerprint density at radius 3 is 3.00 bits per heavy atom. The molecule has 0 amide bonds. The lowest BCUT2D eigenvalue weighted by Crippen LogP contribution is -1.98. The minimum atomic E-state index is 0.244. The smallest absolute Gasteiger partial charge is 0.212 e. The van der Waals surface area contributed by atoms with E-state index in [1.165, 1.54) is 22.0 Å². The molecule has 3 rings (SSSR count). The quantitative estimate of drug-likeness (QED) is 0.688. The van der Waals surface area contributed by atoms with Crippen molar-refractivity contribution in [2.45, 2.75) is 6.61 Å². The zero-order chi connectivity index (χ0) is 14.1. The van der Waals surface area contributed by atoms with Gasteiger partial charge in [-0.3, -0.25) is 4.79 Å². The largest absolute Gasteiger partial charge is 0.485 e. The molecule has 1 aromatic carbocycles. The van der Waals surface area contributed by atoms with Crippen molar-refractivity contribution in [3.8, 4) is 5.75 Å². The van der Waals surface area contributed by atoms with E-state index in [1.807, 2.05) is 0 Å². The lowest BCUT2D eigenvalue weighted by molar-refractivity contribution is 0.111. The van der Waals surface area contributed by atoms with E-state index >= 15 is 0 Å². The van der Waals surface area contributed by atoms with Gasteiger partial charge in [-0.15, -0.1) is 0 Å². The Morgan fingerprint density at radius 2 is 2.25 bits per heavy atom. The van der Waals surface area contributed by atoms with Crippen molar-refractivity contribution >= 4 is 45.8 Å². The van der Waals surface area contributed by atoms with Crippen LogP contribution in [0.3, 0.4) is 0 Å². The van der Waals surface area contributed by atoms with Gasteiger partial charge in [-0.1, -0.05) is 34.5 Å². The average molecular weight is 328 g/mol. The van der Waals surface area contributed by atoms with E-state index in [-0.39, 0.29) is 6.61 Å². The zero-order valence-electron chi connectivity index (χ0n) is 9.92. The Hall–Kier alpha value is -1.63. The van der Waals surface area contributed by atoms with Crippen LogP contribution in [0.4, 0.5) is 0 Å². The summed E-state index contributed by atoms with van der Waals surface area (Å²) in [5.74, 6) is 0.527. The van der Waals surface area contributed by atoms with Gasteiger partial charge in [0.1, 0.15) is 18.1 Å². The Bertz CT molecular complexity index is 784. The second-order valence-corrected chi connectivity index (χ2v) is 5.74. The standard InChI is InChI=1S/C12H7Cl2N3O2S/c13-7-1-2-10(9(14)3-7)19-6-11-16-17-8(5-18)4-15-12(17)20-11/h1-5H,6H2. The molecule has 2 aromatic heterocycles. The normalized spacial score (nSPS) is 10.9. The Morgan fingerprint density at radius 1 is 1.40 bits per heavy atom. The van der Waals surface area contributed by atoms with E-state index in [4.69, 9.17) is 27.9 Å². The number of carbonyl (C=O) groups is 1. The molecule has 0 bridgehead atoms. The maximum absolute atomic E-state index is 10.8. The third kappa shape index (κ3) is 2.49. The number of ether oxygens (including phenoxy) is 1. The molecule has 0 saturated heterocycles. The molecule has 5 nitrogen and oxygen atoms in total. The number of halogens is 2. The number of benzene rings is 1. The number of aromatic nitrogens is 3. The highest BCUT2D eigenvalue weighted by atomic mass is 35.5. The molecule has 20 heavy (non-hydrogen) atoms. The summed E-state index contributed by atoms with van der Waals surface area (Å²) in [7, 11) is 0. The number of imidazole rings is 1. The summed E-state index contributed by atoms with van der Waals surface area (Å²) in [5, 5.41) is 5.93. The number of carbonyl (C=O) groups excluding carboxylic acids is 1. The van der Waals surface area contributed by atoms with Crippen LogP contribution in [0.25, 0.3) is 4.96 Å². The second kappa shape index (κ2) is 5.40. The molecule has 0 aliphatic heterocycles. The minimum Gasteiger partial charge on any atom is -0.485 e. The second-order valence-electron chi connectivity index (χ2n) is 3.85.